The average molecular weight is 254 g/mol. The average Bonchev–Trinajstić information content (AvgIpc) is 2.38. The van der Waals surface area contributed by atoms with Gasteiger partial charge in [-0.3, -0.25) is 4.79 Å². The van der Waals surface area contributed by atoms with Gasteiger partial charge in [-0.25, -0.2) is 0 Å². The Bertz CT molecular complexity index is 597. The van der Waals surface area contributed by atoms with Gasteiger partial charge < -0.3 is 0 Å². The Morgan fingerprint density at radius 3 is 2.17 bits per heavy atom. The summed E-state index contributed by atoms with van der Waals surface area (Å²) in [5.74, 6) is 0.0736. The fraction of sp³-hybridized carbons (Fsp3) is 0.0625. The van der Waals surface area contributed by atoms with Crippen molar-refractivity contribution >= 4 is 24.0 Å². The van der Waals surface area contributed by atoms with Gasteiger partial charge in [-0.05, 0) is 35.8 Å². The lowest BCUT2D eigenvalue weighted by Gasteiger charge is -2.07. The lowest BCUT2D eigenvalue weighted by atomic mass is 9.98. The van der Waals surface area contributed by atoms with E-state index in [0.29, 0.717) is 0 Å². The maximum Gasteiger partial charge on any atom is 0.159 e. The molecule has 0 saturated carbocycles. The summed E-state index contributed by atoms with van der Waals surface area (Å²) in [5.41, 5.74) is 3.70. The highest BCUT2D eigenvalue weighted by atomic mass is 32.1. The van der Waals surface area contributed by atoms with Crippen molar-refractivity contribution in [2.24, 2.45) is 0 Å². The third-order valence-corrected chi connectivity index (χ3v) is 3.11. The zero-order chi connectivity index (χ0) is 13.1. The van der Waals surface area contributed by atoms with Crippen molar-refractivity contribution in [3.05, 3.63) is 71.8 Å². The van der Waals surface area contributed by atoms with E-state index in [1.807, 2.05) is 48.5 Å². The van der Waals surface area contributed by atoms with Gasteiger partial charge in [-0.2, -0.15) is 0 Å². The van der Waals surface area contributed by atoms with Crippen LogP contribution in [0.2, 0.25) is 0 Å². The maximum atomic E-state index is 11.2. The number of rotatable bonds is 3. The number of ketones is 1. The number of hydrogen-bond acceptors (Lipinski definition) is 2. The molecule has 0 aliphatic carbocycles. The third-order valence-electron chi connectivity index (χ3n) is 2.83. The molecule has 0 bridgehead atoms. The van der Waals surface area contributed by atoms with Crippen molar-refractivity contribution in [2.75, 3.05) is 0 Å². The minimum Gasteiger partial charge on any atom is -0.295 e. The summed E-state index contributed by atoms with van der Waals surface area (Å²) in [6.07, 6.45) is 0. The molecule has 18 heavy (non-hydrogen) atoms. The second-order valence-electron chi connectivity index (χ2n) is 4.16. The number of benzene rings is 2. The van der Waals surface area contributed by atoms with E-state index in [-0.39, 0.29) is 5.78 Å². The first-order chi connectivity index (χ1) is 8.58. The molecule has 0 aromatic heterocycles. The molecule has 0 atom stereocenters. The molecule has 0 N–H and O–H groups in total. The lowest BCUT2D eigenvalue weighted by Crippen LogP contribution is -1.92. The van der Waals surface area contributed by atoms with Gasteiger partial charge in [0.2, 0.25) is 0 Å². The number of thiol groups is 1. The van der Waals surface area contributed by atoms with Crippen LogP contribution in [0.4, 0.5) is 0 Å². The van der Waals surface area contributed by atoms with Gasteiger partial charge in [-0.1, -0.05) is 43.0 Å². The van der Waals surface area contributed by atoms with Crippen molar-refractivity contribution in [3.8, 4) is 0 Å². The maximum absolute atomic E-state index is 11.2. The molecular weight excluding hydrogens is 240 g/mol. The summed E-state index contributed by atoms with van der Waals surface area (Å²) in [7, 11) is 0. The highest BCUT2D eigenvalue weighted by Crippen LogP contribution is 2.23. The summed E-state index contributed by atoms with van der Waals surface area (Å²) >= 11 is 4.32. The van der Waals surface area contributed by atoms with E-state index in [2.05, 4.69) is 19.2 Å². The van der Waals surface area contributed by atoms with Crippen LogP contribution in [-0.4, -0.2) is 5.78 Å². The second-order valence-corrected chi connectivity index (χ2v) is 4.68. The highest BCUT2D eigenvalue weighted by Gasteiger charge is 2.04. The molecule has 0 aliphatic heterocycles. The Balaban J connectivity index is 2.32. The van der Waals surface area contributed by atoms with Crippen molar-refractivity contribution in [3.63, 3.8) is 0 Å². The van der Waals surface area contributed by atoms with Crippen LogP contribution in [0.25, 0.3) is 5.57 Å². The molecule has 2 rings (SSSR count). The number of hydrogen-bond donors (Lipinski definition) is 1. The fourth-order valence-electron chi connectivity index (χ4n) is 1.77. The van der Waals surface area contributed by atoms with E-state index in [1.165, 1.54) is 0 Å². The van der Waals surface area contributed by atoms with Gasteiger partial charge in [0.05, 0.1) is 0 Å². The summed E-state index contributed by atoms with van der Waals surface area (Å²) in [5, 5.41) is 0. The highest BCUT2D eigenvalue weighted by molar-refractivity contribution is 7.80. The van der Waals surface area contributed by atoms with Crippen molar-refractivity contribution < 1.29 is 4.79 Å². The minimum atomic E-state index is 0.0736. The monoisotopic (exact) mass is 254 g/mol. The molecule has 2 heteroatoms. The summed E-state index contributed by atoms with van der Waals surface area (Å²) in [6.45, 7) is 5.66. The van der Waals surface area contributed by atoms with Gasteiger partial charge >= 0.3 is 0 Å². The molecule has 90 valence electrons. The first kappa shape index (κ1) is 12.7. The van der Waals surface area contributed by atoms with Crippen LogP contribution in [-0.2, 0) is 0 Å². The second kappa shape index (κ2) is 5.23. The molecule has 0 saturated heterocycles. The van der Waals surface area contributed by atoms with Crippen LogP contribution in [0.5, 0.6) is 0 Å². The van der Waals surface area contributed by atoms with Crippen LogP contribution in [0.1, 0.15) is 28.4 Å². The predicted molar refractivity (Wildman–Crippen MR) is 78.3 cm³/mol. The van der Waals surface area contributed by atoms with Crippen molar-refractivity contribution in [1.29, 1.82) is 0 Å². The lowest BCUT2D eigenvalue weighted by molar-refractivity contribution is 0.101. The van der Waals surface area contributed by atoms with E-state index in [9.17, 15) is 4.79 Å². The molecular formula is C16H14OS. The van der Waals surface area contributed by atoms with Gasteiger partial charge in [-0.15, -0.1) is 12.6 Å². The zero-order valence-corrected chi connectivity index (χ0v) is 11.1. The van der Waals surface area contributed by atoms with Gasteiger partial charge in [0.15, 0.2) is 5.78 Å². The Kier molecular flexibility index (Phi) is 3.68. The smallest absolute Gasteiger partial charge is 0.159 e. The molecule has 1 nitrogen and oxygen atoms in total. The van der Waals surface area contributed by atoms with Gasteiger partial charge in [0.25, 0.3) is 0 Å². The Morgan fingerprint density at radius 1 is 1.00 bits per heavy atom. The molecule has 2 aromatic rings. The van der Waals surface area contributed by atoms with E-state index < -0.39 is 0 Å². The Labute approximate surface area is 113 Å². The van der Waals surface area contributed by atoms with E-state index in [4.69, 9.17) is 0 Å². The molecule has 0 unspecified atom stereocenters. The van der Waals surface area contributed by atoms with Crippen molar-refractivity contribution in [1.82, 2.24) is 0 Å². The Morgan fingerprint density at radius 2 is 1.61 bits per heavy atom. The minimum absolute atomic E-state index is 0.0736. The number of Topliss-reactive ketones (excluding diaryl/α,β-unsaturated/α-hetero) is 1. The quantitative estimate of drug-likeness (QED) is 0.640. The SMILES string of the molecule is C=C(c1ccc(C(C)=O)cc1)c1cccc(S)c1. The molecule has 0 aliphatic rings. The van der Waals surface area contributed by atoms with Crippen molar-refractivity contribution in [2.45, 2.75) is 11.8 Å². The number of carbonyl (C=O) groups is 1. The molecule has 0 fully saturated rings. The van der Waals surface area contributed by atoms with Crippen LogP contribution in [0.15, 0.2) is 60.0 Å². The summed E-state index contributed by atoms with van der Waals surface area (Å²) in [6, 6.07) is 15.4. The first-order valence-corrected chi connectivity index (χ1v) is 6.12. The molecule has 0 heterocycles. The van der Waals surface area contributed by atoms with E-state index in [1.54, 1.807) is 6.92 Å². The van der Waals surface area contributed by atoms with E-state index >= 15 is 0 Å². The molecule has 0 radical (unpaired) electrons. The molecule has 0 amide bonds. The molecule has 0 spiro atoms. The summed E-state index contributed by atoms with van der Waals surface area (Å²) in [4.78, 5) is 12.1. The standard InChI is InChI=1S/C16H14OS/c1-11(15-4-3-5-16(18)10-15)13-6-8-14(9-7-13)12(2)17/h3-10,18H,1H2,2H3. The summed E-state index contributed by atoms with van der Waals surface area (Å²) < 4.78 is 0. The van der Waals surface area contributed by atoms with Crippen LogP contribution < -0.4 is 0 Å². The van der Waals surface area contributed by atoms with E-state index in [0.717, 1.165) is 27.2 Å². The largest absolute Gasteiger partial charge is 0.295 e. The Hall–Kier alpha value is -1.80. The predicted octanol–water partition coefficient (Wildman–Crippen LogP) is 4.24. The molecule has 2 aromatic carbocycles. The fourth-order valence-corrected chi connectivity index (χ4v) is 1.99. The van der Waals surface area contributed by atoms with Crippen LogP contribution >= 0.6 is 12.6 Å². The van der Waals surface area contributed by atoms with Gasteiger partial charge in [0.1, 0.15) is 0 Å². The van der Waals surface area contributed by atoms with Crippen LogP contribution in [0.3, 0.4) is 0 Å². The van der Waals surface area contributed by atoms with Crippen LogP contribution in [0, 0.1) is 0 Å². The normalized spacial score (nSPS) is 10.1. The third kappa shape index (κ3) is 2.71. The first-order valence-electron chi connectivity index (χ1n) is 5.67. The van der Waals surface area contributed by atoms with Gasteiger partial charge in [0, 0.05) is 10.5 Å². The number of carbonyl (C=O) groups excluding carboxylic acids is 1. The topological polar surface area (TPSA) is 17.1 Å². The zero-order valence-electron chi connectivity index (χ0n) is 10.2.